The van der Waals surface area contributed by atoms with Crippen LogP contribution in [0.3, 0.4) is 0 Å². The quantitative estimate of drug-likeness (QED) is 0.312. The molecule has 0 amide bonds. The zero-order valence-electron chi connectivity index (χ0n) is 5.67. The molecule has 0 aliphatic carbocycles. The van der Waals surface area contributed by atoms with Gasteiger partial charge in [-0.2, -0.15) is 0 Å². The van der Waals surface area contributed by atoms with E-state index in [-0.39, 0.29) is 31.1 Å². The fourth-order valence-electron chi connectivity index (χ4n) is 0. The van der Waals surface area contributed by atoms with Crippen LogP contribution in [0.2, 0.25) is 0 Å². The van der Waals surface area contributed by atoms with Crippen molar-refractivity contribution in [2.24, 2.45) is 0 Å². The van der Waals surface area contributed by atoms with E-state index < -0.39 is 27.5 Å². The van der Waals surface area contributed by atoms with Gasteiger partial charge in [-0.1, -0.05) is 0 Å². The van der Waals surface area contributed by atoms with Crippen molar-refractivity contribution in [1.29, 1.82) is 0 Å². The van der Waals surface area contributed by atoms with Crippen molar-refractivity contribution >= 4 is 27.5 Å². The van der Waals surface area contributed by atoms with Gasteiger partial charge in [-0.05, 0) is 0 Å². The second kappa shape index (κ2) is 17.9. The van der Waals surface area contributed by atoms with Crippen molar-refractivity contribution in [2.45, 2.75) is 0 Å². The summed E-state index contributed by atoms with van der Waals surface area (Å²) in [4.78, 5) is 51.1. The van der Waals surface area contributed by atoms with E-state index >= 15 is 0 Å². The van der Waals surface area contributed by atoms with Crippen LogP contribution in [-0.4, -0.2) is 27.5 Å². The molecule has 0 aromatic heterocycles. The molecule has 0 aromatic carbocycles. The Morgan fingerprint density at radius 2 is 0.538 bits per heavy atom. The van der Waals surface area contributed by atoms with Crippen LogP contribution in [0.25, 0.3) is 0 Å². The average Bonchev–Trinajstić information content (AvgIpc) is 1.54. The third-order valence-electron chi connectivity index (χ3n) is 0. The maximum atomic E-state index is 8.52. The first-order valence-electron chi connectivity index (χ1n) is 1.84. The molecule has 0 atom stereocenters. The van der Waals surface area contributed by atoms with Gasteiger partial charge in [0.1, 0.15) is 0 Å². The summed E-state index contributed by atoms with van der Waals surface area (Å²) in [5, 5.41) is 0. The number of rotatable bonds is 0. The summed E-state index contributed by atoms with van der Waals surface area (Å²) in [5.41, 5.74) is 0. The van der Waals surface area contributed by atoms with E-state index in [1.165, 1.54) is 0 Å². The molecule has 0 rings (SSSR count). The molecule has 0 aliphatic heterocycles. The second-order valence-electron chi connectivity index (χ2n) is 0.750. The van der Waals surface area contributed by atoms with Crippen LogP contribution in [0.15, 0.2) is 0 Å². The Bertz CT molecular complexity index is 112. The standard InChI is InChI=1S/3O3Si.U/c3*1-4(2)3;/q3*-2;. The van der Waals surface area contributed by atoms with Gasteiger partial charge in [0.25, 0.3) is 0 Å². The summed E-state index contributed by atoms with van der Waals surface area (Å²) in [6, 6.07) is 0. The first-order chi connectivity index (χ1) is 5.20. The largest absolute Gasteiger partial charge is 0.672 e. The number of hydrogen-bond donors (Lipinski definition) is 0. The third kappa shape index (κ3) is 123000. The van der Waals surface area contributed by atoms with Crippen LogP contribution < -0.4 is 28.8 Å². The predicted octanol–water partition coefficient (Wildman–Crippen LogP) is -8.63. The molecule has 0 fully saturated rings. The fraction of sp³-hybridized carbons (Fsp3) is 0. The van der Waals surface area contributed by atoms with Gasteiger partial charge in [0, 0.05) is 58.6 Å². The molecule has 9 nitrogen and oxygen atoms in total. The van der Waals surface area contributed by atoms with E-state index in [0.717, 1.165) is 0 Å². The molecule has 13 heavy (non-hydrogen) atoms. The molecule has 0 N–H and O–H groups in total. The summed E-state index contributed by atoms with van der Waals surface area (Å²) in [6.45, 7) is 0. The number of hydrogen-bond acceptors (Lipinski definition) is 9. The van der Waals surface area contributed by atoms with Crippen LogP contribution in [0.4, 0.5) is 0 Å². The van der Waals surface area contributed by atoms with Crippen molar-refractivity contribution in [3.05, 3.63) is 0 Å². The Labute approximate surface area is 100 Å². The molecule has 0 heterocycles. The molecule has 0 radical (unpaired) electrons. The molecular weight excluding hydrogens is 466 g/mol. The van der Waals surface area contributed by atoms with Crippen LogP contribution in [-0.2, 0) is 13.4 Å². The molecule has 0 unspecified atom stereocenters. The molecule has 0 aromatic rings. The van der Waals surface area contributed by atoms with E-state index in [1.54, 1.807) is 0 Å². The Balaban J connectivity index is -0.0000000450. The zero-order chi connectivity index (χ0) is 10.7. The molecule has 0 saturated carbocycles. The second-order valence-corrected chi connectivity index (χ2v) is 2.25. The third-order valence-corrected chi connectivity index (χ3v) is 0. The fourth-order valence-corrected chi connectivity index (χ4v) is 0. The van der Waals surface area contributed by atoms with Crippen LogP contribution in [0.1, 0.15) is 0 Å². The molecule has 76 valence electrons. The molecule has 0 saturated heterocycles. The van der Waals surface area contributed by atoms with Gasteiger partial charge in [0.15, 0.2) is 0 Å². The van der Waals surface area contributed by atoms with Crippen LogP contribution in [0.5, 0.6) is 0 Å². The molecule has 0 bridgehead atoms. The van der Waals surface area contributed by atoms with E-state index in [1.807, 2.05) is 0 Å². The van der Waals surface area contributed by atoms with Crippen molar-refractivity contribution in [1.82, 2.24) is 0 Å². The Morgan fingerprint density at radius 3 is 0.538 bits per heavy atom. The van der Waals surface area contributed by atoms with Gasteiger partial charge in [-0.25, -0.2) is 0 Å². The Morgan fingerprint density at radius 1 is 0.538 bits per heavy atom. The average molecular weight is 466 g/mol. The molecular formula is O9Si3U-6. The zero-order valence-corrected chi connectivity index (χ0v) is 12.8. The van der Waals surface area contributed by atoms with E-state index in [9.17, 15) is 0 Å². The van der Waals surface area contributed by atoms with Crippen molar-refractivity contribution in [3.63, 3.8) is 0 Å². The maximum absolute atomic E-state index is 8.52. The van der Waals surface area contributed by atoms with E-state index in [4.69, 9.17) is 42.2 Å². The van der Waals surface area contributed by atoms with Gasteiger partial charge < -0.3 is 42.2 Å². The van der Waals surface area contributed by atoms with Crippen molar-refractivity contribution in [2.75, 3.05) is 0 Å². The minimum atomic E-state index is -3.63. The van der Waals surface area contributed by atoms with Crippen LogP contribution >= 0.6 is 0 Å². The Hall–Kier alpha value is -0.0974. The van der Waals surface area contributed by atoms with Crippen molar-refractivity contribution in [3.8, 4) is 0 Å². The molecule has 13 heteroatoms. The topological polar surface area (TPSA) is 190 Å². The van der Waals surface area contributed by atoms with Crippen LogP contribution in [0, 0.1) is 31.1 Å². The van der Waals surface area contributed by atoms with E-state index in [2.05, 4.69) is 0 Å². The minimum Gasteiger partial charge on any atom is -0.672 e. The minimum absolute atomic E-state index is 0. The molecule has 0 aliphatic rings. The van der Waals surface area contributed by atoms with Gasteiger partial charge >= 0.3 is 0 Å². The van der Waals surface area contributed by atoms with Gasteiger partial charge in [0.05, 0.1) is 0 Å². The smallest absolute Gasteiger partial charge is 0.0172 e. The first kappa shape index (κ1) is 23.1. The predicted molar refractivity (Wildman–Crippen MR) is 19.3 cm³/mol. The van der Waals surface area contributed by atoms with E-state index in [0.29, 0.717) is 0 Å². The van der Waals surface area contributed by atoms with Gasteiger partial charge in [0.2, 0.25) is 0 Å². The maximum Gasteiger partial charge on any atom is 0.0172 e. The van der Waals surface area contributed by atoms with Gasteiger partial charge in [-0.15, -0.1) is 0 Å². The Kier molecular flexibility index (Phi) is 31.7. The summed E-state index contributed by atoms with van der Waals surface area (Å²) in [7, 11) is -10.9. The normalized spacial score (nSPS) is 5.54. The summed E-state index contributed by atoms with van der Waals surface area (Å²) >= 11 is 0. The first-order valence-corrected chi connectivity index (χ1v) is 5.51. The summed E-state index contributed by atoms with van der Waals surface area (Å²) in [6.07, 6.45) is 0. The summed E-state index contributed by atoms with van der Waals surface area (Å²) < 4.78 is 25.6. The van der Waals surface area contributed by atoms with Gasteiger partial charge in [-0.3, -0.25) is 0 Å². The monoisotopic (exact) mass is 466 g/mol. The molecule has 0 spiro atoms. The summed E-state index contributed by atoms with van der Waals surface area (Å²) in [5.74, 6) is 0. The van der Waals surface area contributed by atoms with Crippen molar-refractivity contribution < 1.29 is 73.3 Å². The SMILES string of the molecule is O=[Si]([O-])[O-].O=[Si]([O-])[O-].O=[Si]([O-])[O-].[U].